The Bertz CT molecular complexity index is 1250. The molecule has 0 amide bonds. The first-order valence-electron chi connectivity index (χ1n) is 8.73. The fraction of sp³-hybridized carbons (Fsp3) is 0.250. The minimum absolute atomic E-state index is 0.130. The molecule has 0 aliphatic heterocycles. The molecule has 158 valence electrons. The van der Waals surface area contributed by atoms with E-state index in [1.54, 1.807) is 24.3 Å². The number of benzene rings is 2. The van der Waals surface area contributed by atoms with Crippen LogP contribution in [-0.4, -0.2) is 32.9 Å². The molecule has 3 aromatic rings. The lowest BCUT2D eigenvalue weighted by molar-refractivity contribution is -0.161. The van der Waals surface area contributed by atoms with Crippen LogP contribution < -0.4 is 11.2 Å². The van der Waals surface area contributed by atoms with Crippen molar-refractivity contribution in [1.29, 1.82) is 0 Å². The Hall–Kier alpha value is -2.68. The summed E-state index contributed by atoms with van der Waals surface area (Å²) >= 11 is 11.7. The lowest BCUT2D eigenvalue weighted by Gasteiger charge is -2.23. The summed E-state index contributed by atoms with van der Waals surface area (Å²) in [6.07, 6.45) is 0. The topological polar surface area (TPSA) is 90.5 Å². The highest BCUT2D eigenvalue weighted by Gasteiger charge is 2.34. The third-order valence-electron chi connectivity index (χ3n) is 4.62. The van der Waals surface area contributed by atoms with E-state index >= 15 is 0 Å². The van der Waals surface area contributed by atoms with Crippen LogP contribution >= 0.6 is 23.2 Å². The van der Waals surface area contributed by atoms with E-state index in [-0.39, 0.29) is 17.0 Å². The number of aromatic nitrogens is 2. The SMILES string of the molecule is COC(=O)C(C)(O)Cn1c(=O)n(Cc2ccc(Cl)cc2)c(=O)c2ccc(Cl)c(F)c21. The molecule has 30 heavy (non-hydrogen) atoms. The highest BCUT2D eigenvalue weighted by Crippen LogP contribution is 2.23. The molecular weight excluding hydrogens is 438 g/mol. The summed E-state index contributed by atoms with van der Waals surface area (Å²) in [6.45, 7) is 0.330. The van der Waals surface area contributed by atoms with E-state index in [2.05, 4.69) is 4.74 Å². The third kappa shape index (κ3) is 3.98. The molecule has 0 aliphatic rings. The molecular formula is C20H17Cl2FN2O5. The smallest absolute Gasteiger partial charge is 0.339 e. The number of hydrogen-bond donors (Lipinski definition) is 1. The fourth-order valence-electron chi connectivity index (χ4n) is 3.10. The molecule has 0 spiro atoms. The summed E-state index contributed by atoms with van der Waals surface area (Å²) in [5.41, 5.74) is -3.64. The summed E-state index contributed by atoms with van der Waals surface area (Å²) in [5, 5.41) is 10.5. The van der Waals surface area contributed by atoms with Gasteiger partial charge in [-0.15, -0.1) is 0 Å². The Labute approximate surface area is 179 Å². The van der Waals surface area contributed by atoms with Crippen molar-refractivity contribution in [2.75, 3.05) is 7.11 Å². The maximum atomic E-state index is 14.8. The van der Waals surface area contributed by atoms with Crippen molar-refractivity contribution in [2.45, 2.75) is 25.6 Å². The van der Waals surface area contributed by atoms with Crippen LogP contribution in [0, 0.1) is 5.82 Å². The first-order chi connectivity index (χ1) is 14.1. The van der Waals surface area contributed by atoms with Gasteiger partial charge in [-0.2, -0.15) is 0 Å². The Morgan fingerprint density at radius 2 is 1.77 bits per heavy atom. The van der Waals surface area contributed by atoms with Crippen LogP contribution in [0.5, 0.6) is 0 Å². The second-order valence-electron chi connectivity index (χ2n) is 6.91. The second kappa shape index (κ2) is 8.22. The van der Waals surface area contributed by atoms with E-state index < -0.39 is 40.7 Å². The molecule has 7 nitrogen and oxygen atoms in total. The molecule has 1 aromatic heterocycles. The van der Waals surface area contributed by atoms with Gasteiger partial charge in [0.1, 0.15) is 0 Å². The zero-order chi connectivity index (χ0) is 22.2. The molecule has 0 bridgehead atoms. The molecule has 0 fully saturated rings. The van der Waals surface area contributed by atoms with Gasteiger partial charge < -0.3 is 9.84 Å². The van der Waals surface area contributed by atoms with E-state index in [4.69, 9.17) is 23.2 Å². The van der Waals surface area contributed by atoms with Crippen molar-refractivity contribution in [3.8, 4) is 0 Å². The first kappa shape index (κ1) is 22.0. The average molecular weight is 455 g/mol. The summed E-state index contributed by atoms with van der Waals surface area (Å²) in [4.78, 5) is 38.0. The van der Waals surface area contributed by atoms with Crippen LogP contribution in [0.25, 0.3) is 10.9 Å². The number of halogens is 3. The number of carbonyl (C=O) groups is 1. The van der Waals surface area contributed by atoms with Gasteiger partial charge in [0.25, 0.3) is 5.56 Å². The molecule has 1 unspecified atom stereocenters. The van der Waals surface area contributed by atoms with Crippen molar-refractivity contribution in [3.05, 3.63) is 78.7 Å². The van der Waals surface area contributed by atoms with E-state index in [0.717, 1.165) is 23.2 Å². The van der Waals surface area contributed by atoms with Gasteiger partial charge in [0.2, 0.25) is 0 Å². The zero-order valence-electron chi connectivity index (χ0n) is 16.0. The largest absolute Gasteiger partial charge is 0.467 e. The number of hydrogen-bond acceptors (Lipinski definition) is 5. The predicted molar refractivity (Wildman–Crippen MR) is 111 cm³/mol. The van der Waals surface area contributed by atoms with Crippen LogP contribution in [0.4, 0.5) is 4.39 Å². The number of aliphatic hydroxyl groups is 1. The highest BCUT2D eigenvalue weighted by atomic mass is 35.5. The van der Waals surface area contributed by atoms with E-state index in [9.17, 15) is 23.9 Å². The minimum Gasteiger partial charge on any atom is -0.467 e. The molecule has 0 aliphatic carbocycles. The number of carbonyl (C=O) groups excluding carboxylic acids is 1. The van der Waals surface area contributed by atoms with Gasteiger partial charge in [0.05, 0.1) is 36.1 Å². The summed E-state index contributed by atoms with van der Waals surface area (Å²) in [5.74, 6) is -2.04. The Morgan fingerprint density at radius 3 is 2.37 bits per heavy atom. The van der Waals surface area contributed by atoms with Crippen molar-refractivity contribution < 1.29 is 19.0 Å². The molecule has 1 heterocycles. The van der Waals surface area contributed by atoms with Gasteiger partial charge in [-0.05, 0) is 36.8 Å². The van der Waals surface area contributed by atoms with E-state index in [0.29, 0.717) is 10.6 Å². The lowest BCUT2D eigenvalue weighted by Crippen LogP contribution is -2.47. The number of rotatable bonds is 5. The van der Waals surface area contributed by atoms with E-state index in [1.807, 2.05) is 0 Å². The first-order valence-corrected chi connectivity index (χ1v) is 9.49. The van der Waals surface area contributed by atoms with Gasteiger partial charge in [0.15, 0.2) is 11.4 Å². The van der Waals surface area contributed by atoms with Gasteiger partial charge in [-0.25, -0.2) is 14.0 Å². The molecule has 0 saturated carbocycles. The van der Waals surface area contributed by atoms with Crippen molar-refractivity contribution in [3.63, 3.8) is 0 Å². The van der Waals surface area contributed by atoms with Crippen molar-refractivity contribution in [1.82, 2.24) is 9.13 Å². The van der Waals surface area contributed by atoms with E-state index in [1.165, 1.54) is 12.1 Å². The third-order valence-corrected chi connectivity index (χ3v) is 5.17. The molecule has 10 heteroatoms. The Kier molecular flexibility index (Phi) is 6.03. The van der Waals surface area contributed by atoms with Crippen LogP contribution in [0.3, 0.4) is 0 Å². The number of methoxy groups -OCH3 is 1. The predicted octanol–water partition coefficient (Wildman–Crippen LogP) is 2.58. The van der Waals surface area contributed by atoms with Crippen LogP contribution in [-0.2, 0) is 22.6 Å². The fourth-order valence-corrected chi connectivity index (χ4v) is 3.38. The number of esters is 1. The summed E-state index contributed by atoms with van der Waals surface area (Å²) in [7, 11) is 1.07. The normalized spacial score (nSPS) is 13.3. The summed E-state index contributed by atoms with van der Waals surface area (Å²) < 4.78 is 21.1. The van der Waals surface area contributed by atoms with Gasteiger partial charge >= 0.3 is 11.7 Å². The van der Waals surface area contributed by atoms with Crippen LogP contribution in [0.15, 0.2) is 46.0 Å². The Morgan fingerprint density at radius 1 is 1.13 bits per heavy atom. The number of nitrogens with zero attached hydrogens (tertiary/aromatic N) is 2. The number of ether oxygens (including phenoxy) is 1. The maximum Gasteiger partial charge on any atom is 0.339 e. The monoisotopic (exact) mass is 454 g/mol. The molecule has 1 atom stereocenters. The second-order valence-corrected chi connectivity index (χ2v) is 7.75. The number of fused-ring (bicyclic) bond motifs is 1. The maximum absolute atomic E-state index is 14.8. The van der Waals surface area contributed by atoms with Gasteiger partial charge in [0, 0.05) is 5.02 Å². The quantitative estimate of drug-likeness (QED) is 0.598. The zero-order valence-corrected chi connectivity index (χ0v) is 17.5. The summed E-state index contributed by atoms with van der Waals surface area (Å²) in [6, 6.07) is 8.95. The minimum atomic E-state index is -2.16. The molecule has 1 N–H and O–H groups in total. The van der Waals surface area contributed by atoms with Crippen molar-refractivity contribution >= 4 is 40.1 Å². The van der Waals surface area contributed by atoms with Gasteiger partial charge in [-0.3, -0.25) is 13.9 Å². The molecule has 0 radical (unpaired) electrons. The average Bonchev–Trinajstić information content (AvgIpc) is 2.71. The highest BCUT2D eigenvalue weighted by molar-refractivity contribution is 6.31. The molecule has 2 aromatic carbocycles. The van der Waals surface area contributed by atoms with Crippen LogP contribution in [0.2, 0.25) is 10.0 Å². The van der Waals surface area contributed by atoms with Crippen molar-refractivity contribution in [2.24, 2.45) is 0 Å². The Balaban J connectivity index is 2.30. The van der Waals surface area contributed by atoms with Gasteiger partial charge in [-0.1, -0.05) is 35.3 Å². The molecule has 3 rings (SSSR count). The van der Waals surface area contributed by atoms with Crippen LogP contribution in [0.1, 0.15) is 12.5 Å². The lowest BCUT2D eigenvalue weighted by atomic mass is 10.1. The molecule has 0 saturated heterocycles. The standard InChI is InChI=1S/C20H17Cl2FN2O5/c1-20(29,18(27)30-2)10-25-16-13(7-8-14(22)15(16)23)17(26)24(19(25)28)9-11-3-5-12(21)6-4-11/h3-8,29H,9-10H2,1-2H3.